The normalized spacial score (nSPS) is 18.0. The largest absolute Gasteiger partial charge is 0.314 e. The van der Waals surface area contributed by atoms with E-state index in [1.54, 1.807) is 0 Å². The van der Waals surface area contributed by atoms with Crippen LogP contribution in [-0.4, -0.2) is 52.8 Å². The molecule has 0 unspecified atom stereocenters. The number of carbonyl (C=O) groups is 1. The third kappa shape index (κ3) is 5.31. The van der Waals surface area contributed by atoms with E-state index in [0.29, 0.717) is 18.4 Å². The molecular weight excluding hydrogens is 362 g/mol. The second-order valence-electron chi connectivity index (χ2n) is 7.98. The van der Waals surface area contributed by atoms with Crippen molar-refractivity contribution in [2.45, 2.75) is 39.2 Å². The molecule has 0 saturated carbocycles. The lowest BCUT2D eigenvalue weighted by Crippen LogP contribution is -2.52. The molecule has 7 heteroatoms. The minimum atomic E-state index is -0.0907. The van der Waals surface area contributed by atoms with Gasteiger partial charge in [0.15, 0.2) is 0 Å². The quantitative estimate of drug-likeness (QED) is 0.841. The maximum atomic E-state index is 12.7. The monoisotopic (exact) mass is 391 g/mol. The highest BCUT2D eigenvalue weighted by Gasteiger charge is 2.23. The SMILES string of the molecule is C[C@H]1CNCCN1CC(=O)Nc1cc(C(C)(C)C)nn1-c1ccccc1.Cl. The zero-order valence-electron chi connectivity index (χ0n) is 16.5. The molecule has 1 aromatic carbocycles. The van der Waals surface area contributed by atoms with Crippen molar-refractivity contribution >= 4 is 24.1 Å². The number of benzene rings is 1. The second kappa shape index (κ2) is 8.87. The number of rotatable bonds is 4. The van der Waals surface area contributed by atoms with E-state index in [2.05, 4.69) is 43.2 Å². The Morgan fingerprint density at radius 1 is 1.30 bits per heavy atom. The lowest BCUT2D eigenvalue weighted by atomic mass is 9.92. The van der Waals surface area contributed by atoms with Crippen molar-refractivity contribution in [2.24, 2.45) is 0 Å². The van der Waals surface area contributed by atoms with Gasteiger partial charge in [0, 0.05) is 37.2 Å². The molecule has 6 nitrogen and oxygen atoms in total. The van der Waals surface area contributed by atoms with Crippen LogP contribution >= 0.6 is 12.4 Å². The number of nitrogens with zero attached hydrogens (tertiary/aromatic N) is 3. The highest BCUT2D eigenvalue weighted by molar-refractivity contribution is 5.91. The van der Waals surface area contributed by atoms with Crippen molar-refractivity contribution in [1.82, 2.24) is 20.0 Å². The first-order valence-electron chi connectivity index (χ1n) is 9.25. The summed E-state index contributed by atoms with van der Waals surface area (Å²) in [6.45, 7) is 11.6. The van der Waals surface area contributed by atoms with Crippen molar-refractivity contribution in [3.05, 3.63) is 42.1 Å². The molecule has 27 heavy (non-hydrogen) atoms. The Hall–Kier alpha value is -1.89. The summed E-state index contributed by atoms with van der Waals surface area (Å²) in [4.78, 5) is 14.9. The molecule has 2 aromatic rings. The molecule has 1 amide bonds. The molecule has 3 rings (SSSR count). The molecule has 0 bridgehead atoms. The summed E-state index contributed by atoms with van der Waals surface area (Å²) in [5.74, 6) is 0.713. The topological polar surface area (TPSA) is 62.2 Å². The molecule has 0 aliphatic carbocycles. The van der Waals surface area contributed by atoms with Crippen LogP contribution < -0.4 is 10.6 Å². The van der Waals surface area contributed by atoms with Crippen LogP contribution in [-0.2, 0) is 10.2 Å². The highest BCUT2D eigenvalue weighted by atomic mass is 35.5. The van der Waals surface area contributed by atoms with Gasteiger partial charge in [-0.25, -0.2) is 4.68 Å². The molecule has 2 N–H and O–H groups in total. The fourth-order valence-electron chi connectivity index (χ4n) is 3.09. The summed E-state index contributed by atoms with van der Waals surface area (Å²) in [6.07, 6.45) is 0. The summed E-state index contributed by atoms with van der Waals surface area (Å²) in [7, 11) is 0. The lowest BCUT2D eigenvalue weighted by molar-refractivity contribution is -0.118. The zero-order chi connectivity index (χ0) is 18.7. The number of hydrogen-bond acceptors (Lipinski definition) is 4. The Labute approximate surface area is 167 Å². The van der Waals surface area contributed by atoms with Crippen molar-refractivity contribution in [2.75, 3.05) is 31.5 Å². The first-order valence-corrected chi connectivity index (χ1v) is 9.25. The van der Waals surface area contributed by atoms with Crippen LogP contribution in [0.5, 0.6) is 0 Å². The van der Waals surface area contributed by atoms with Gasteiger partial charge in [0.05, 0.1) is 17.9 Å². The third-order valence-corrected chi connectivity index (χ3v) is 4.73. The predicted octanol–water partition coefficient (Wildman–Crippen LogP) is 2.82. The fourth-order valence-corrected chi connectivity index (χ4v) is 3.09. The number of halogens is 1. The molecule has 1 atom stereocenters. The highest BCUT2D eigenvalue weighted by Crippen LogP contribution is 2.26. The molecule has 1 saturated heterocycles. The Morgan fingerprint density at radius 3 is 2.63 bits per heavy atom. The number of anilines is 1. The van der Waals surface area contributed by atoms with Crippen LogP contribution in [0.2, 0.25) is 0 Å². The minimum Gasteiger partial charge on any atom is -0.314 e. The van der Waals surface area contributed by atoms with Crippen molar-refractivity contribution in [1.29, 1.82) is 0 Å². The number of aromatic nitrogens is 2. The van der Waals surface area contributed by atoms with E-state index >= 15 is 0 Å². The molecule has 2 heterocycles. The van der Waals surface area contributed by atoms with Crippen molar-refractivity contribution < 1.29 is 4.79 Å². The van der Waals surface area contributed by atoms with Gasteiger partial charge in [0.2, 0.25) is 5.91 Å². The molecular formula is C20H30ClN5O. The summed E-state index contributed by atoms with van der Waals surface area (Å²) in [5, 5.41) is 11.2. The molecule has 0 spiro atoms. The van der Waals surface area contributed by atoms with Gasteiger partial charge < -0.3 is 10.6 Å². The number of carbonyl (C=O) groups excluding carboxylic acids is 1. The van der Waals surface area contributed by atoms with Gasteiger partial charge in [-0.3, -0.25) is 9.69 Å². The van der Waals surface area contributed by atoms with Gasteiger partial charge in [-0.15, -0.1) is 12.4 Å². The maximum Gasteiger partial charge on any atom is 0.239 e. The van der Waals surface area contributed by atoms with Gasteiger partial charge in [-0.2, -0.15) is 5.10 Å². The van der Waals surface area contributed by atoms with Gasteiger partial charge in [-0.1, -0.05) is 39.0 Å². The van der Waals surface area contributed by atoms with Crippen molar-refractivity contribution in [3.63, 3.8) is 0 Å². The van der Waals surface area contributed by atoms with Crippen molar-refractivity contribution in [3.8, 4) is 5.69 Å². The number of hydrogen-bond donors (Lipinski definition) is 2. The van der Waals surface area contributed by atoms with E-state index in [4.69, 9.17) is 5.10 Å². The Morgan fingerprint density at radius 2 is 2.00 bits per heavy atom. The van der Waals surface area contributed by atoms with E-state index in [9.17, 15) is 4.79 Å². The second-order valence-corrected chi connectivity index (χ2v) is 7.98. The van der Waals surface area contributed by atoms with Crippen LogP contribution in [0.4, 0.5) is 5.82 Å². The average Bonchev–Trinajstić information content (AvgIpc) is 3.02. The van der Waals surface area contributed by atoms with Crippen LogP contribution in [0.1, 0.15) is 33.4 Å². The summed E-state index contributed by atoms with van der Waals surface area (Å²) < 4.78 is 1.82. The zero-order valence-corrected chi connectivity index (χ0v) is 17.3. The van der Waals surface area contributed by atoms with Crippen LogP contribution in [0, 0.1) is 0 Å². The molecule has 0 radical (unpaired) electrons. The van der Waals surface area contributed by atoms with E-state index in [1.807, 2.05) is 41.1 Å². The Bertz CT molecular complexity index is 753. The Kier molecular flexibility index (Phi) is 7.03. The summed E-state index contributed by atoms with van der Waals surface area (Å²) in [6, 6.07) is 12.2. The number of piperazine rings is 1. The van der Waals surface area contributed by atoms with E-state index in [-0.39, 0.29) is 23.7 Å². The molecule has 1 aromatic heterocycles. The van der Waals surface area contributed by atoms with Crippen LogP contribution in [0.25, 0.3) is 5.69 Å². The number of para-hydroxylation sites is 1. The first kappa shape index (κ1) is 21.4. The van der Waals surface area contributed by atoms with Crippen LogP contribution in [0.3, 0.4) is 0 Å². The maximum absolute atomic E-state index is 12.7. The van der Waals surface area contributed by atoms with Gasteiger partial charge in [-0.05, 0) is 19.1 Å². The van der Waals surface area contributed by atoms with Gasteiger partial charge in [0.1, 0.15) is 5.82 Å². The van der Waals surface area contributed by atoms with E-state index < -0.39 is 0 Å². The minimum absolute atomic E-state index is 0. The summed E-state index contributed by atoms with van der Waals surface area (Å²) in [5.41, 5.74) is 1.80. The smallest absolute Gasteiger partial charge is 0.239 e. The molecule has 1 aliphatic rings. The first-order chi connectivity index (χ1) is 12.3. The van der Waals surface area contributed by atoms with Gasteiger partial charge >= 0.3 is 0 Å². The number of nitrogens with one attached hydrogen (secondary N) is 2. The Balaban J connectivity index is 0.00000261. The molecule has 148 valence electrons. The molecule has 1 fully saturated rings. The number of amides is 1. The fraction of sp³-hybridized carbons (Fsp3) is 0.500. The lowest BCUT2D eigenvalue weighted by Gasteiger charge is -2.33. The van der Waals surface area contributed by atoms with E-state index in [1.165, 1.54) is 0 Å². The third-order valence-electron chi connectivity index (χ3n) is 4.73. The predicted molar refractivity (Wildman–Crippen MR) is 112 cm³/mol. The standard InChI is InChI=1S/C20H29N5O.ClH/c1-15-13-21-10-11-24(15)14-19(26)22-18-12-17(20(2,3)4)23-25(18)16-8-6-5-7-9-16;/h5-9,12,15,21H,10-11,13-14H2,1-4H3,(H,22,26);1H/t15-;/m0./s1. The van der Waals surface area contributed by atoms with Crippen LogP contribution in [0.15, 0.2) is 36.4 Å². The van der Waals surface area contributed by atoms with E-state index in [0.717, 1.165) is 31.0 Å². The average molecular weight is 392 g/mol. The van der Waals surface area contributed by atoms with Gasteiger partial charge in [0.25, 0.3) is 0 Å². The summed E-state index contributed by atoms with van der Waals surface area (Å²) >= 11 is 0. The molecule has 1 aliphatic heterocycles.